The minimum absolute atomic E-state index is 0.271. The lowest BCUT2D eigenvalue weighted by molar-refractivity contribution is -0.257. The maximum atomic E-state index is 10.4. The second kappa shape index (κ2) is 4.78. The predicted octanol–water partition coefficient (Wildman–Crippen LogP) is 0.808. The topological polar surface area (TPSA) is 52.6 Å². The smallest absolute Gasteiger partial charge is 0.248 e. The average Bonchev–Trinajstić information content (AvgIpc) is 1.85. The van der Waals surface area contributed by atoms with Crippen molar-refractivity contribution >= 4 is 11.9 Å². The van der Waals surface area contributed by atoms with Crippen molar-refractivity contribution < 1.29 is 19.4 Å². The minimum Gasteiger partial charge on any atom is -0.248 e. The first kappa shape index (κ1) is 8.94. The molecule has 0 aromatic heterocycles. The second-order valence-electron chi connectivity index (χ2n) is 1.78. The van der Waals surface area contributed by atoms with Crippen LogP contribution in [0, 0.1) is 0 Å². The molecule has 0 aliphatic heterocycles. The van der Waals surface area contributed by atoms with Gasteiger partial charge in [-0.2, -0.15) is 0 Å². The van der Waals surface area contributed by atoms with Gasteiger partial charge in [0.25, 0.3) is 0 Å². The number of hydrogen-bond donors (Lipinski definition) is 0. The van der Waals surface area contributed by atoms with E-state index in [2.05, 4.69) is 9.78 Å². The molecule has 0 saturated heterocycles. The lowest BCUT2D eigenvalue weighted by Crippen LogP contribution is -2.07. The van der Waals surface area contributed by atoms with Crippen LogP contribution < -0.4 is 0 Å². The maximum Gasteiger partial charge on any atom is 0.355 e. The van der Waals surface area contributed by atoms with Crippen molar-refractivity contribution in [2.75, 3.05) is 0 Å². The van der Waals surface area contributed by atoms with Crippen molar-refractivity contribution in [3.8, 4) is 0 Å². The molecule has 10 heavy (non-hydrogen) atoms. The van der Waals surface area contributed by atoms with E-state index < -0.39 is 11.9 Å². The van der Waals surface area contributed by atoms with Crippen molar-refractivity contribution in [3.05, 3.63) is 0 Å². The van der Waals surface area contributed by atoms with E-state index in [1.54, 1.807) is 0 Å². The number of carbonyl (C=O) groups is 2. The van der Waals surface area contributed by atoms with Gasteiger partial charge in [-0.25, -0.2) is 19.4 Å². The van der Waals surface area contributed by atoms with Crippen LogP contribution in [0.1, 0.15) is 26.7 Å². The van der Waals surface area contributed by atoms with Gasteiger partial charge in [0, 0.05) is 13.3 Å². The highest BCUT2D eigenvalue weighted by molar-refractivity contribution is 5.71. The van der Waals surface area contributed by atoms with Gasteiger partial charge >= 0.3 is 11.9 Å². The van der Waals surface area contributed by atoms with Crippen LogP contribution in [0.4, 0.5) is 0 Å². The average molecular weight is 146 g/mol. The molecule has 0 aliphatic rings. The second-order valence-corrected chi connectivity index (χ2v) is 1.78. The highest BCUT2D eigenvalue weighted by Crippen LogP contribution is 1.91. The summed E-state index contributed by atoms with van der Waals surface area (Å²) < 4.78 is 0. The molecule has 0 N–H and O–H groups in total. The molecule has 0 aromatic carbocycles. The third-order valence-corrected chi connectivity index (χ3v) is 0.706. The molecule has 0 rings (SSSR count). The van der Waals surface area contributed by atoms with E-state index in [0.717, 1.165) is 0 Å². The van der Waals surface area contributed by atoms with Gasteiger partial charge in [-0.15, -0.1) is 0 Å². The quantitative estimate of drug-likeness (QED) is 0.427. The van der Waals surface area contributed by atoms with E-state index >= 15 is 0 Å². The Morgan fingerprint density at radius 2 is 1.90 bits per heavy atom. The molecule has 0 bridgehead atoms. The molecule has 0 spiro atoms. The molecule has 0 saturated carbocycles. The molecular weight excluding hydrogens is 136 g/mol. The van der Waals surface area contributed by atoms with Crippen LogP contribution in [-0.2, 0) is 19.4 Å². The fourth-order valence-electron chi connectivity index (χ4n) is 0.351. The van der Waals surface area contributed by atoms with Crippen LogP contribution >= 0.6 is 0 Å². The van der Waals surface area contributed by atoms with Gasteiger partial charge in [0.05, 0.1) is 0 Å². The van der Waals surface area contributed by atoms with Crippen molar-refractivity contribution in [3.63, 3.8) is 0 Å². The van der Waals surface area contributed by atoms with Gasteiger partial charge in [-0.3, -0.25) is 0 Å². The summed E-state index contributed by atoms with van der Waals surface area (Å²) in [7, 11) is 0. The molecule has 0 aliphatic carbocycles. The van der Waals surface area contributed by atoms with E-state index in [4.69, 9.17) is 0 Å². The minimum atomic E-state index is -0.621. The number of carbonyl (C=O) groups excluding carboxylic acids is 2. The fraction of sp³-hybridized carbons (Fsp3) is 0.667. The number of hydrogen-bond acceptors (Lipinski definition) is 4. The first-order valence-corrected chi connectivity index (χ1v) is 3.04. The molecule has 0 aromatic rings. The van der Waals surface area contributed by atoms with Gasteiger partial charge in [-0.05, 0) is 6.42 Å². The van der Waals surface area contributed by atoms with E-state index in [-0.39, 0.29) is 6.42 Å². The molecule has 0 amide bonds. The zero-order valence-electron chi connectivity index (χ0n) is 6.05. The predicted molar refractivity (Wildman–Crippen MR) is 32.8 cm³/mol. The Hall–Kier alpha value is -1.06. The molecule has 0 fully saturated rings. The van der Waals surface area contributed by atoms with Gasteiger partial charge in [0.1, 0.15) is 0 Å². The highest BCUT2D eigenvalue weighted by Gasteiger charge is 2.02. The molecule has 4 nitrogen and oxygen atoms in total. The maximum absolute atomic E-state index is 10.4. The standard InChI is InChI=1S/C6H10O4/c1-3-4-6(8)10-9-5(2)7/h3-4H2,1-2H3. The Morgan fingerprint density at radius 1 is 1.30 bits per heavy atom. The summed E-state index contributed by atoms with van der Waals surface area (Å²) >= 11 is 0. The van der Waals surface area contributed by atoms with Crippen molar-refractivity contribution in [1.82, 2.24) is 0 Å². The highest BCUT2D eigenvalue weighted by atomic mass is 17.2. The summed E-state index contributed by atoms with van der Waals surface area (Å²) in [6.45, 7) is 2.99. The lowest BCUT2D eigenvalue weighted by Gasteiger charge is -1.97. The van der Waals surface area contributed by atoms with Gasteiger partial charge in [0.15, 0.2) is 0 Å². The summed E-state index contributed by atoms with van der Waals surface area (Å²) in [4.78, 5) is 28.5. The summed E-state index contributed by atoms with van der Waals surface area (Å²) in [5, 5.41) is 0. The Labute approximate surface area is 59.0 Å². The van der Waals surface area contributed by atoms with Crippen LogP contribution in [0.25, 0.3) is 0 Å². The van der Waals surface area contributed by atoms with Gasteiger partial charge in [0.2, 0.25) is 0 Å². The summed E-state index contributed by atoms with van der Waals surface area (Å²) in [6.07, 6.45) is 0.952. The van der Waals surface area contributed by atoms with Gasteiger partial charge in [-0.1, -0.05) is 6.92 Å². The van der Waals surface area contributed by atoms with Crippen molar-refractivity contribution in [1.29, 1.82) is 0 Å². The Kier molecular flexibility index (Phi) is 4.28. The largest absolute Gasteiger partial charge is 0.355 e. The van der Waals surface area contributed by atoms with Gasteiger partial charge < -0.3 is 0 Å². The number of rotatable bonds is 2. The van der Waals surface area contributed by atoms with E-state index in [1.807, 2.05) is 6.92 Å². The SMILES string of the molecule is CCCC(=O)OOC(C)=O. The van der Waals surface area contributed by atoms with Crippen LogP contribution in [0.3, 0.4) is 0 Å². The van der Waals surface area contributed by atoms with E-state index in [1.165, 1.54) is 6.92 Å². The molecule has 0 unspecified atom stereocenters. The third-order valence-electron chi connectivity index (χ3n) is 0.706. The zero-order valence-corrected chi connectivity index (χ0v) is 6.05. The Bertz CT molecular complexity index is 130. The molecule has 0 radical (unpaired) electrons. The third kappa shape index (κ3) is 5.08. The van der Waals surface area contributed by atoms with Crippen molar-refractivity contribution in [2.45, 2.75) is 26.7 Å². The Balaban J connectivity index is 3.30. The summed E-state index contributed by atoms with van der Waals surface area (Å²) in [6, 6.07) is 0. The van der Waals surface area contributed by atoms with Crippen LogP contribution in [-0.4, -0.2) is 11.9 Å². The monoisotopic (exact) mass is 146 g/mol. The summed E-state index contributed by atoms with van der Waals surface area (Å²) in [5.74, 6) is -1.14. The van der Waals surface area contributed by atoms with E-state index in [9.17, 15) is 9.59 Å². The summed E-state index contributed by atoms with van der Waals surface area (Å²) in [5.41, 5.74) is 0. The van der Waals surface area contributed by atoms with Crippen LogP contribution in [0.2, 0.25) is 0 Å². The molecular formula is C6H10O4. The molecule has 0 heterocycles. The normalized spacial score (nSPS) is 8.60. The first-order chi connectivity index (χ1) is 4.66. The van der Waals surface area contributed by atoms with Crippen molar-refractivity contribution in [2.24, 2.45) is 0 Å². The Morgan fingerprint density at radius 3 is 2.30 bits per heavy atom. The van der Waals surface area contributed by atoms with Crippen LogP contribution in [0.5, 0.6) is 0 Å². The lowest BCUT2D eigenvalue weighted by atomic mass is 10.3. The fourth-order valence-corrected chi connectivity index (χ4v) is 0.351. The molecule has 4 heteroatoms. The molecule has 58 valence electrons. The van der Waals surface area contributed by atoms with Crippen LogP contribution in [0.15, 0.2) is 0 Å². The first-order valence-electron chi connectivity index (χ1n) is 3.04. The van der Waals surface area contributed by atoms with E-state index in [0.29, 0.717) is 6.42 Å². The molecule has 0 atom stereocenters. The zero-order chi connectivity index (χ0) is 7.98.